The molecule has 9 heteroatoms. The highest BCUT2D eigenvalue weighted by Crippen LogP contribution is 2.29. The minimum Gasteiger partial charge on any atom is -0.366 e. The summed E-state index contributed by atoms with van der Waals surface area (Å²) in [5.41, 5.74) is 4.79. The lowest BCUT2D eigenvalue weighted by Gasteiger charge is -2.32. The van der Waals surface area contributed by atoms with Crippen molar-refractivity contribution < 1.29 is 9.59 Å². The minimum absolute atomic E-state index is 0.116. The number of nitrogens with zero attached hydrogens (tertiary/aromatic N) is 3. The van der Waals surface area contributed by atoms with Crippen LogP contribution >= 0.6 is 11.3 Å². The first-order chi connectivity index (χ1) is 18.0. The van der Waals surface area contributed by atoms with E-state index in [2.05, 4.69) is 36.6 Å². The molecule has 3 N–H and O–H groups in total. The second kappa shape index (κ2) is 9.97. The summed E-state index contributed by atoms with van der Waals surface area (Å²) in [4.78, 5) is 41.7. The van der Waals surface area contributed by atoms with Crippen molar-refractivity contribution in [2.75, 3.05) is 11.4 Å². The summed E-state index contributed by atoms with van der Waals surface area (Å²) in [5, 5.41) is 7.89. The normalized spacial score (nSPS) is 19.4. The fourth-order valence-electron chi connectivity index (χ4n) is 5.39. The molecule has 1 aromatic carbocycles. The summed E-state index contributed by atoms with van der Waals surface area (Å²) in [6.45, 7) is 3.65. The van der Waals surface area contributed by atoms with Gasteiger partial charge in [-0.15, -0.1) is 11.3 Å². The van der Waals surface area contributed by atoms with Crippen LogP contribution in [0.4, 0.5) is 5.69 Å². The third kappa shape index (κ3) is 4.96. The molecular weight excluding hydrogens is 484 g/mol. The average Bonchev–Trinajstić information content (AvgIpc) is 3.54. The first-order valence-electron chi connectivity index (χ1n) is 12.9. The molecule has 8 nitrogen and oxygen atoms in total. The van der Waals surface area contributed by atoms with Gasteiger partial charge >= 0.3 is 0 Å². The van der Waals surface area contributed by atoms with Gasteiger partial charge in [-0.1, -0.05) is 24.5 Å². The van der Waals surface area contributed by atoms with Gasteiger partial charge in [-0.2, -0.15) is 0 Å². The number of anilines is 1. The zero-order chi connectivity index (χ0) is 25.4. The molecule has 2 atom stereocenters. The van der Waals surface area contributed by atoms with E-state index in [1.54, 1.807) is 12.4 Å². The molecule has 1 aliphatic heterocycles. The largest absolute Gasteiger partial charge is 0.366 e. The molecule has 37 heavy (non-hydrogen) atoms. The average molecular weight is 515 g/mol. The molecule has 0 unspecified atom stereocenters. The SMILES string of the molecule is Cc1ccc2[nH]c(C(=O)N[C@H]3CCCC[C@H]3NC(=O)c3nc4c(s3)CN(c3ccncc3)CC4)cc2c1. The lowest BCUT2D eigenvalue weighted by molar-refractivity contribution is 0.0860. The van der Waals surface area contributed by atoms with Crippen LogP contribution in [0.2, 0.25) is 0 Å². The smallest absolute Gasteiger partial charge is 0.280 e. The number of hydrogen-bond donors (Lipinski definition) is 3. The number of carbonyl (C=O) groups is 2. The fraction of sp³-hybridized carbons (Fsp3) is 0.357. The molecule has 0 saturated heterocycles. The second-order valence-electron chi connectivity index (χ2n) is 9.98. The zero-order valence-electron chi connectivity index (χ0n) is 20.8. The van der Waals surface area contributed by atoms with Gasteiger partial charge in [0.1, 0.15) is 5.69 Å². The molecule has 190 valence electrons. The molecule has 1 saturated carbocycles. The predicted octanol–water partition coefficient (Wildman–Crippen LogP) is 4.36. The first-order valence-corrected chi connectivity index (χ1v) is 13.7. The first kappa shape index (κ1) is 23.7. The van der Waals surface area contributed by atoms with Gasteiger partial charge in [0.25, 0.3) is 11.8 Å². The molecule has 2 amide bonds. The van der Waals surface area contributed by atoms with Gasteiger partial charge < -0.3 is 20.5 Å². The topological polar surface area (TPSA) is 103 Å². The number of carbonyl (C=O) groups excluding carboxylic acids is 2. The van der Waals surface area contributed by atoms with Crippen molar-refractivity contribution >= 4 is 39.7 Å². The number of hydrogen-bond acceptors (Lipinski definition) is 6. The number of amides is 2. The molecule has 3 aromatic heterocycles. The number of H-pyrrole nitrogens is 1. The van der Waals surface area contributed by atoms with Gasteiger partial charge in [0.2, 0.25) is 0 Å². The Morgan fingerprint density at radius 2 is 1.78 bits per heavy atom. The molecule has 2 aliphatic rings. The molecule has 6 rings (SSSR count). The van der Waals surface area contributed by atoms with Crippen molar-refractivity contribution in [3.8, 4) is 0 Å². The molecule has 0 spiro atoms. The van der Waals surface area contributed by atoms with Crippen molar-refractivity contribution in [3.63, 3.8) is 0 Å². The van der Waals surface area contributed by atoms with Gasteiger partial charge in [0.05, 0.1) is 12.2 Å². The molecule has 1 fully saturated rings. The third-order valence-corrected chi connectivity index (χ3v) is 8.45. The number of rotatable bonds is 5. The van der Waals surface area contributed by atoms with Gasteiger partial charge in [0, 0.05) is 58.9 Å². The van der Waals surface area contributed by atoms with Crippen LogP contribution in [-0.4, -0.2) is 45.4 Å². The monoisotopic (exact) mass is 514 g/mol. The quantitative estimate of drug-likeness (QED) is 0.367. The molecule has 0 bridgehead atoms. The number of aryl methyl sites for hydroxylation is 1. The van der Waals surface area contributed by atoms with Crippen LogP contribution in [0.25, 0.3) is 10.9 Å². The summed E-state index contributed by atoms with van der Waals surface area (Å²) in [7, 11) is 0. The summed E-state index contributed by atoms with van der Waals surface area (Å²) >= 11 is 1.47. The number of aromatic nitrogens is 3. The Morgan fingerprint density at radius 3 is 2.57 bits per heavy atom. The number of pyridine rings is 1. The van der Waals surface area contributed by atoms with Crippen molar-refractivity contribution in [2.45, 2.75) is 57.7 Å². The van der Waals surface area contributed by atoms with Crippen molar-refractivity contribution in [1.29, 1.82) is 0 Å². The van der Waals surface area contributed by atoms with Crippen LogP contribution in [0.5, 0.6) is 0 Å². The van der Waals surface area contributed by atoms with Gasteiger partial charge in [-0.25, -0.2) is 4.98 Å². The van der Waals surface area contributed by atoms with E-state index in [1.165, 1.54) is 11.3 Å². The Balaban J connectivity index is 1.12. The predicted molar refractivity (Wildman–Crippen MR) is 145 cm³/mol. The number of benzene rings is 1. The Kier molecular flexibility index (Phi) is 6.38. The summed E-state index contributed by atoms with van der Waals surface area (Å²) in [6.07, 6.45) is 8.14. The highest BCUT2D eigenvalue weighted by atomic mass is 32.1. The Labute approximate surface area is 219 Å². The Hall–Kier alpha value is -3.72. The molecule has 1 aliphatic carbocycles. The van der Waals surface area contributed by atoms with E-state index < -0.39 is 0 Å². The maximum absolute atomic E-state index is 13.2. The standard InChI is InChI=1S/C28H30N6O2S/c1-17-6-7-20-18(14-17)15-24(30-20)26(35)31-21-4-2-3-5-22(21)32-27(36)28-33-23-10-13-34(16-25(23)37-28)19-8-11-29-12-9-19/h6-9,11-12,14-15,21-22,30H,2-5,10,13,16H2,1H3,(H,31,35)(H,32,36)/t21-,22+/m0/s1. The number of aromatic amines is 1. The fourth-order valence-corrected chi connectivity index (χ4v) is 6.42. The Morgan fingerprint density at radius 1 is 1.03 bits per heavy atom. The molecular formula is C28H30N6O2S. The van der Waals surface area contributed by atoms with E-state index in [0.717, 1.165) is 77.9 Å². The maximum atomic E-state index is 13.2. The lowest BCUT2D eigenvalue weighted by atomic mass is 9.90. The second-order valence-corrected chi connectivity index (χ2v) is 11.1. The molecule has 4 heterocycles. The van der Waals surface area contributed by atoms with Gasteiger partial charge in [-0.05, 0) is 50.1 Å². The van der Waals surface area contributed by atoms with Crippen molar-refractivity contribution in [2.24, 2.45) is 0 Å². The van der Waals surface area contributed by atoms with Crippen LogP contribution in [0.1, 0.15) is 62.1 Å². The van der Waals surface area contributed by atoms with E-state index in [-0.39, 0.29) is 23.9 Å². The van der Waals surface area contributed by atoms with E-state index in [9.17, 15) is 9.59 Å². The summed E-state index contributed by atoms with van der Waals surface area (Å²) in [6, 6.07) is 11.8. The number of thiazole rings is 1. The molecule has 0 radical (unpaired) electrons. The summed E-state index contributed by atoms with van der Waals surface area (Å²) < 4.78 is 0. The number of fused-ring (bicyclic) bond motifs is 2. The third-order valence-electron chi connectivity index (χ3n) is 7.37. The highest BCUT2D eigenvalue weighted by molar-refractivity contribution is 7.13. The van der Waals surface area contributed by atoms with Crippen LogP contribution in [0.15, 0.2) is 48.8 Å². The summed E-state index contributed by atoms with van der Waals surface area (Å²) in [5.74, 6) is -0.289. The molecule has 4 aromatic rings. The maximum Gasteiger partial charge on any atom is 0.280 e. The van der Waals surface area contributed by atoms with Crippen molar-refractivity contribution in [1.82, 2.24) is 25.6 Å². The highest BCUT2D eigenvalue weighted by Gasteiger charge is 2.30. The lowest BCUT2D eigenvalue weighted by Crippen LogP contribution is -2.53. The van der Waals surface area contributed by atoms with E-state index in [4.69, 9.17) is 0 Å². The van der Waals surface area contributed by atoms with Gasteiger partial charge in [0.15, 0.2) is 5.01 Å². The number of nitrogens with one attached hydrogen (secondary N) is 3. The zero-order valence-corrected chi connectivity index (χ0v) is 21.6. The van der Waals surface area contributed by atoms with Crippen LogP contribution < -0.4 is 15.5 Å². The van der Waals surface area contributed by atoms with Crippen LogP contribution in [0, 0.1) is 6.92 Å². The Bertz CT molecular complexity index is 1450. The van der Waals surface area contributed by atoms with Crippen LogP contribution in [0.3, 0.4) is 0 Å². The van der Waals surface area contributed by atoms with E-state index >= 15 is 0 Å². The van der Waals surface area contributed by atoms with E-state index in [0.29, 0.717) is 10.7 Å². The van der Waals surface area contributed by atoms with E-state index in [1.807, 2.05) is 37.3 Å². The minimum atomic E-state index is -0.151. The van der Waals surface area contributed by atoms with Gasteiger partial charge in [-0.3, -0.25) is 14.6 Å². The van der Waals surface area contributed by atoms with Crippen molar-refractivity contribution in [3.05, 3.63) is 75.6 Å². The van der Waals surface area contributed by atoms with Crippen LogP contribution in [-0.2, 0) is 13.0 Å².